The van der Waals surface area contributed by atoms with E-state index in [1.54, 1.807) is 12.2 Å². The van der Waals surface area contributed by atoms with E-state index >= 15 is 0 Å². The fourth-order valence-corrected chi connectivity index (χ4v) is 5.06. The Morgan fingerprint density at radius 1 is 0.569 bits per heavy atom. The van der Waals surface area contributed by atoms with Gasteiger partial charge in [0.05, 0.1) is 78.4 Å². The minimum atomic E-state index is -1.22. The molecule has 0 saturated carbocycles. The second-order valence-corrected chi connectivity index (χ2v) is 12.1. The summed E-state index contributed by atoms with van der Waals surface area (Å²) in [6, 6.07) is 0. The zero-order valence-electron chi connectivity index (χ0n) is 30.5. The Morgan fingerprint density at radius 2 is 0.902 bits per heavy atom. The summed E-state index contributed by atoms with van der Waals surface area (Å²) in [6.07, 6.45) is 11.6. The second-order valence-electron chi connectivity index (χ2n) is 12.1. The van der Waals surface area contributed by atoms with Crippen LogP contribution in [0.2, 0.25) is 0 Å². The first-order valence-electron chi connectivity index (χ1n) is 17.3. The molecule has 17 heteroatoms. The van der Waals surface area contributed by atoms with E-state index in [9.17, 15) is 49.2 Å². The summed E-state index contributed by atoms with van der Waals surface area (Å²) in [4.78, 5) is 66.7. The Bertz CT molecular complexity index is 954. The summed E-state index contributed by atoms with van der Waals surface area (Å²) in [6.45, 7) is 6.08. The smallest absolute Gasteiger partial charge is 0.550 e. The average Bonchev–Trinajstić information content (AvgIpc) is 3.05. The number of carbonyl (C=O) groups is 6. The molecular weight excluding hydrogens is 696 g/mol. The van der Waals surface area contributed by atoms with Gasteiger partial charge in [0.2, 0.25) is 11.8 Å². The van der Waals surface area contributed by atoms with E-state index < -0.39 is 23.9 Å². The number of nitrogens with zero attached hydrogens (tertiary/aromatic N) is 2. The van der Waals surface area contributed by atoms with Crippen LogP contribution in [0.1, 0.15) is 78.1 Å². The van der Waals surface area contributed by atoms with Crippen LogP contribution in [-0.2, 0) is 28.8 Å². The number of rotatable bonds is 30. The Labute approximate surface area is 331 Å². The predicted molar refractivity (Wildman–Crippen MR) is 186 cm³/mol. The van der Waals surface area contributed by atoms with Crippen molar-refractivity contribution in [2.45, 2.75) is 78.1 Å². The van der Waals surface area contributed by atoms with E-state index in [1.807, 2.05) is 0 Å². The summed E-state index contributed by atoms with van der Waals surface area (Å²) in [5, 5.41) is 63.3. The molecule has 6 N–H and O–H groups in total. The number of aliphatic carboxylic acids is 4. The van der Waals surface area contributed by atoms with Crippen LogP contribution in [0.3, 0.4) is 0 Å². The van der Waals surface area contributed by atoms with E-state index in [1.165, 1.54) is 12.2 Å². The van der Waals surface area contributed by atoms with Crippen molar-refractivity contribution in [2.75, 3.05) is 78.7 Å². The third-order valence-corrected chi connectivity index (χ3v) is 8.09. The van der Waals surface area contributed by atoms with Crippen LogP contribution in [0.4, 0.5) is 0 Å². The average molecular weight is 757 g/mol. The van der Waals surface area contributed by atoms with Gasteiger partial charge < -0.3 is 59.8 Å². The third kappa shape index (κ3) is 31.8. The number of amides is 2. The molecule has 16 nitrogen and oxygen atoms in total. The summed E-state index contributed by atoms with van der Waals surface area (Å²) in [5.74, 6) is -4.90. The zero-order valence-corrected chi connectivity index (χ0v) is 32.7. The van der Waals surface area contributed by atoms with E-state index in [2.05, 4.69) is 24.5 Å². The van der Waals surface area contributed by atoms with E-state index in [0.29, 0.717) is 13.1 Å². The normalized spacial score (nSPS) is 13.3. The molecular formula is C34H60CaN4O12+2. The molecule has 0 bridgehead atoms. The van der Waals surface area contributed by atoms with Gasteiger partial charge in [0.1, 0.15) is 13.1 Å². The van der Waals surface area contributed by atoms with Gasteiger partial charge in [-0.1, -0.05) is 51.7 Å². The number of unbranched alkanes of at least 4 members (excludes halogenated alkanes) is 4. The standard InChI is InChI=1S/2C17H30N2O6.Ca/c2*1-2-3-4-5-6-15(21)18-9-12-19(13-14-20,10-7-16(22)23)11-8-17(24)25;/h2*5-6,20H,2-4,7-14H2,1H3,(H2-,18,21,22,23,24,25);/q;;+2/b2*6-5+;. The first kappa shape index (κ1) is 52.8. The summed E-state index contributed by atoms with van der Waals surface area (Å²) in [5.41, 5.74) is 0. The van der Waals surface area contributed by atoms with Crippen LogP contribution in [-0.4, -0.2) is 181 Å². The first-order chi connectivity index (χ1) is 23.7. The maximum atomic E-state index is 11.7. The molecule has 2 unspecified atom stereocenters. The molecule has 0 aromatic heterocycles. The monoisotopic (exact) mass is 756 g/mol. The third-order valence-electron chi connectivity index (χ3n) is 8.09. The van der Waals surface area contributed by atoms with E-state index in [-0.39, 0.29) is 150 Å². The molecule has 0 fully saturated rings. The molecule has 51 heavy (non-hydrogen) atoms. The Hall–Kier alpha value is -2.60. The fourth-order valence-electron chi connectivity index (χ4n) is 5.06. The minimum Gasteiger partial charge on any atom is -0.550 e. The minimum absolute atomic E-state index is 0. The molecule has 2 atom stereocenters. The van der Waals surface area contributed by atoms with E-state index in [4.69, 9.17) is 10.2 Å². The number of hydrogen-bond acceptors (Lipinski definition) is 10. The second kappa shape index (κ2) is 33.2. The van der Waals surface area contributed by atoms with Crippen molar-refractivity contribution in [3.05, 3.63) is 24.3 Å². The van der Waals surface area contributed by atoms with Gasteiger partial charge in [-0.05, 0) is 25.0 Å². The van der Waals surface area contributed by atoms with Crippen molar-refractivity contribution in [1.82, 2.24) is 10.6 Å². The van der Waals surface area contributed by atoms with Crippen LogP contribution in [0, 0.1) is 0 Å². The maximum Gasteiger partial charge on any atom is 2.00 e. The number of aliphatic hydroxyl groups is 2. The number of nitrogens with one attached hydrogen (secondary N) is 2. The number of quaternary nitrogens is 2. The van der Waals surface area contributed by atoms with Gasteiger partial charge in [-0.25, -0.2) is 0 Å². The summed E-state index contributed by atoms with van der Waals surface area (Å²) < 4.78 is 0.215. The van der Waals surface area contributed by atoms with Crippen LogP contribution in [0.25, 0.3) is 0 Å². The molecule has 0 aromatic carbocycles. The van der Waals surface area contributed by atoms with Gasteiger partial charge >= 0.3 is 49.7 Å². The number of carboxylic acid groups (broad SMARTS) is 4. The Kier molecular flexibility index (Phi) is 34.4. The Balaban J connectivity index is -0.000000886. The molecule has 0 aliphatic rings. The quantitative estimate of drug-likeness (QED) is 0.0205. The van der Waals surface area contributed by atoms with Crippen molar-refractivity contribution in [3.63, 3.8) is 0 Å². The van der Waals surface area contributed by atoms with Crippen LogP contribution in [0.5, 0.6) is 0 Å². The van der Waals surface area contributed by atoms with Gasteiger partial charge in [0.25, 0.3) is 0 Å². The largest absolute Gasteiger partial charge is 2.00 e. The van der Waals surface area contributed by atoms with Crippen molar-refractivity contribution < 1.29 is 68.4 Å². The van der Waals surface area contributed by atoms with Crippen LogP contribution < -0.4 is 20.8 Å². The number of carbonyl (C=O) groups excluding carboxylic acids is 4. The number of hydrogen-bond donors (Lipinski definition) is 6. The molecule has 0 aliphatic carbocycles. The predicted octanol–water partition coefficient (Wildman–Crippen LogP) is -1.84. The maximum absolute atomic E-state index is 11.7. The molecule has 0 heterocycles. The summed E-state index contributed by atoms with van der Waals surface area (Å²) >= 11 is 0. The molecule has 2 amide bonds. The van der Waals surface area contributed by atoms with Crippen molar-refractivity contribution in [1.29, 1.82) is 0 Å². The first-order valence-corrected chi connectivity index (χ1v) is 17.3. The molecule has 288 valence electrons. The molecule has 0 aromatic rings. The topological polar surface area (TPSA) is 254 Å². The van der Waals surface area contributed by atoms with Gasteiger partial charge in [-0.3, -0.25) is 19.2 Å². The van der Waals surface area contributed by atoms with Crippen molar-refractivity contribution >= 4 is 73.4 Å². The van der Waals surface area contributed by atoms with Crippen LogP contribution in [0.15, 0.2) is 24.3 Å². The SMILES string of the molecule is CCCC/C=C/C(=O)NCC[N+](CCO)(CCC(=O)[O-])CCC(=O)O.CCCC/C=C/C(=O)NCC[N+](CCO)(CCC(=O)[O-])CCC(=O)O.[Ca+2]. The molecule has 0 radical (unpaired) electrons. The van der Waals surface area contributed by atoms with E-state index in [0.717, 1.165) is 38.5 Å². The number of carboxylic acids is 4. The molecule has 0 spiro atoms. The van der Waals surface area contributed by atoms with Gasteiger partial charge in [-0.2, -0.15) is 0 Å². The van der Waals surface area contributed by atoms with Gasteiger partial charge in [0, 0.05) is 24.8 Å². The van der Waals surface area contributed by atoms with Gasteiger partial charge in [0.15, 0.2) is 0 Å². The van der Waals surface area contributed by atoms with Gasteiger partial charge in [-0.15, -0.1) is 0 Å². The number of aliphatic hydroxyl groups excluding tert-OH is 2. The summed E-state index contributed by atoms with van der Waals surface area (Å²) in [7, 11) is 0. The van der Waals surface area contributed by atoms with Crippen molar-refractivity contribution in [3.8, 4) is 0 Å². The fraction of sp³-hybridized carbons (Fsp3) is 0.706. The molecule has 0 saturated heterocycles. The van der Waals surface area contributed by atoms with Crippen LogP contribution >= 0.6 is 0 Å². The van der Waals surface area contributed by atoms with Crippen molar-refractivity contribution in [2.24, 2.45) is 0 Å². The number of allylic oxidation sites excluding steroid dienone is 2. The zero-order chi connectivity index (χ0) is 38.3. The Morgan fingerprint density at radius 3 is 1.18 bits per heavy atom. The molecule has 0 aliphatic heterocycles. The molecule has 0 rings (SSSR count).